The number of rotatable bonds is 6. The molecule has 0 radical (unpaired) electrons. The molecule has 29 heavy (non-hydrogen) atoms. The van der Waals surface area contributed by atoms with E-state index in [1.807, 2.05) is 12.1 Å². The van der Waals surface area contributed by atoms with Gasteiger partial charge in [0.05, 0.1) is 13.7 Å². The van der Waals surface area contributed by atoms with Gasteiger partial charge in [-0.3, -0.25) is 0 Å². The molecule has 1 unspecified atom stereocenters. The predicted molar refractivity (Wildman–Crippen MR) is 120 cm³/mol. The summed E-state index contributed by atoms with van der Waals surface area (Å²) in [5, 5.41) is 2.39. The van der Waals surface area contributed by atoms with Crippen molar-refractivity contribution in [1.29, 1.82) is 0 Å². The molecule has 0 aliphatic carbocycles. The molecule has 0 bridgehead atoms. The molecular formula is C25H28O3Si. The van der Waals surface area contributed by atoms with Gasteiger partial charge in [-0.2, -0.15) is 0 Å². The summed E-state index contributed by atoms with van der Waals surface area (Å²) in [6, 6.07) is 27.5. The van der Waals surface area contributed by atoms with Gasteiger partial charge in [-0.25, -0.2) is 0 Å². The van der Waals surface area contributed by atoms with Crippen molar-refractivity contribution in [1.82, 2.24) is 0 Å². The fraction of sp³-hybridized carbons (Fsp3) is 0.280. The van der Waals surface area contributed by atoms with Crippen LogP contribution in [0.3, 0.4) is 0 Å². The molecule has 1 aliphatic heterocycles. The highest BCUT2D eigenvalue weighted by molar-refractivity contribution is 7.00. The topological polar surface area (TPSA) is 31.0 Å². The van der Waals surface area contributed by atoms with Gasteiger partial charge >= 0.3 is 8.32 Å². The van der Waals surface area contributed by atoms with Crippen LogP contribution >= 0.6 is 0 Å². The molecule has 150 valence electrons. The maximum atomic E-state index is 7.09. The Morgan fingerprint density at radius 2 is 1.38 bits per heavy atom. The van der Waals surface area contributed by atoms with Crippen molar-refractivity contribution in [2.45, 2.75) is 31.9 Å². The number of hydrogen-bond donors (Lipinski definition) is 0. The first kappa shape index (κ1) is 19.7. The molecule has 4 heteroatoms. The first-order chi connectivity index (χ1) is 14.0. The highest BCUT2D eigenvalue weighted by atomic mass is 28.4. The number of benzene rings is 3. The molecule has 0 spiro atoms. The second-order valence-electron chi connectivity index (χ2n) is 8.50. The van der Waals surface area contributed by atoms with Gasteiger partial charge in [-0.05, 0) is 33.1 Å². The minimum Gasteiger partial charge on any atom is -0.531 e. The summed E-state index contributed by atoms with van der Waals surface area (Å²) in [5.74, 6) is 1.54. The highest BCUT2D eigenvalue weighted by Gasteiger charge is 2.52. The molecular weight excluding hydrogens is 376 g/mol. The molecule has 1 atom stereocenters. The molecule has 4 rings (SSSR count). The van der Waals surface area contributed by atoms with E-state index in [-0.39, 0.29) is 11.1 Å². The zero-order valence-electron chi connectivity index (χ0n) is 17.5. The molecule has 3 aromatic carbocycles. The van der Waals surface area contributed by atoms with E-state index in [2.05, 4.69) is 87.5 Å². The van der Waals surface area contributed by atoms with E-state index in [1.54, 1.807) is 7.11 Å². The maximum Gasteiger partial charge on any atom is 0.320 e. The molecule has 3 nitrogen and oxygen atoms in total. The van der Waals surface area contributed by atoms with Gasteiger partial charge in [0.1, 0.15) is 11.9 Å². The van der Waals surface area contributed by atoms with Crippen LogP contribution < -0.4 is 19.5 Å². The van der Waals surface area contributed by atoms with Crippen molar-refractivity contribution in [3.05, 3.63) is 84.4 Å². The first-order valence-electron chi connectivity index (χ1n) is 10.1. The van der Waals surface area contributed by atoms with Gasteiger partial charge in [0.2, 0.25) is 0 Å². The largest absolute Gasteiger partial charge is 0.531 e. The smallest absolute Gasteiger partial charge is 0.320 e. The normalized spacial score (nSPS) is 16.3. The summed E-state index contributed by atoms with van der Waals surface area (Å²) in [6.45, 7) is 7.60. The lowest BCUT2D eigenvalue weighted by Gasteiger charge is -2.43. The van der Waals surface area contributed by atoms with E-state index in [1.165, 1.54) is 10.4 Å². The third-order valence-corrected chi connectivity index (χ3v) is 10.5. The number of ether oxygens (including phenoxy) is 2. The van der Waals surface area contributed by atoms with Crippen LogP contribution in [0.15, 0.2) is 78.9 Å². The molecule has 1 aliphatic rings. The third kappa shape index (κ3) is 3.70. The Balaban J connectivity index is 1.89. The van der Waals surface area contributed by atoms with Crippen LogP contribution in [0.4, 0.5) is 0 Å². The van der Waals surface area contributed by atoms with Crippen LogP contribution in [0, 0.1) is 0 Å². The summed E-state index contributed by atoms with van der Waals surface area (Å²) in [4.78, 5) is 0. The standard InChI is InChI=1S/C25H28O3Si/c1-25(2,3)29(20-11-7-5-8-12-20,21-13-9-6-10-14-21)28-22-16-15-19(24-18-27-24)17-23(22)26-4/h5-17,24H,18H2,1-4H3. The molecule has 1 saturated heterocycles. The summed E-state index contributed by atoms with van der Waals surface area (Å²) in [5.41, 5.74) is 1.14. The Labute approximate surface area is 174 Å². The van der Waals surface area contributed by atoms with Gasteiger partial charge in [-0.1, -0.05) is 87.5 Å². The van der Waals surface area contributed by atoms with E-state index < -0.39 is 8.32 Å². The van der Waals surface area contributed by atoms with Gasteiger partial charge in [0.15, 0.2) is 5.75 Å². The van der Waals surface area contributed by atoms with Gasteiger partial charge in [0.25, 0.3) is 0 Å². The summed E-state index contributed by atoms with van der Waals surface area (Å²) in [6.07, 6.45) is 0.186. The summed E-state index contributed by atoms with van der Waals surface area (Å²) < 4.78 is 18.3. The molecule has 1 fully saturated rings. The minimum absolute atomic E-state index is 0.0982. The zero-order valence-corrected chi connectivity index (χ0v) is 18.5. The lowest BCUT2D eigenvalue weighted by molar-refractivity contribution is 0.384. The number of epoxide rings is 1. The maximum absolute atomic E-state index is 7.09. The average Bonchev–Trinajstić information content (AvgIpc) is 3.58. The van der Waals surface area contributed by atoms with Gasteiger partial charge in [0, 0.05) is 0 Å². The van der Waals surface area contributed by atoms with E-state index in [0.29, 0.717) is 0 Å². The van der Waals surface area contributed by atoms with Crippen LogP contribution in [0.5, 0.6) is 11.5 Å². The van der Waals surface area contributed by atoms with E-state index in [4.69, 9.17) is 13.9 Å². The molecule has 0 N–H and O–H groups in total. The first-order valence-corrected chi connectivity index (χ1v) is 12.0. The minimum atomic E-state index is -2.68. The van der Waals surface area contributed by atoms with Crippen molar-refractivity contribution in [3.8, 4) is 11.5 Å². The highest BCUT2D eigenvalue weighted by Crippen LogP contribution is 2.42. The number of hydrogen-bond acceptors (Lipinski definition) is 3. The Bertz CT molecular complexity index is 921. The van der Waals surface area contributed by atoms with Crippen molar-refractivity contribution in [3.63, 3.8) is 0 Å². The SMILES string of the molecule is COc1cc(C2CO2)ccc1O[Si](c1ccccc1)(c1ccccc1)C(C)(C)C. The molecule has 0 aromatic heterocycles. The Morgan fingerprint density at radius 3 is 1.83 bits per heavy atom. The monoisotopic (exact) mass is 404 g/mol. The van der Waals surface area contributed by atoms with Crippen LogP contribution in [-0.4, -0.2) is 22.0 Å². The summed E-state index contributed by atoms with van der Waals surface area (Å²) >= 11 is 0. The van der Waals surface area contributed by atoms with Crippen LogP contribution in [0.1, 0.15) is 32.4 Å². The fourth-order valence-corrected chi connectivity index (χ4v) is 8.45. The lowest BCUT2D eigenvalue weighted by Crippen LogP contribution is -2.68. The van der Waals surface area contributed by atoms with Gasteiger partial charge in [-0.15, -0.1) is 0 Å². The lowest BCUT2D eigenvalue weighted by atomic mass is 10.1. The Kier molecular flexibility index (Phi) is 5.24. The fourth-order valence-electron chi connectivity index (χ4n) is 4.02. The molecule has 1 heterocycles. The molecule has 0 amide bonds. The van der Waals surface area contributed by atoms with Crippen LogP contribution in [0.2, 0.25) is 5.04 Å². The van der Waals surface area contributed by atoms with E-state index >= 15 is 0 Å². The quantitative estimate of drug-likeness (QED) is 0.441. The van der Waals surface area contributed by atoms with Gasteiger partial charge < -0.3 is 13.9 Å². The van der Waals surface area contributed by atoms with Crippen molar-refractivity contribution < 1.29 is 13.9 Å². The van der Waals surface area contributed by atoms with Crippen molar-refractivity contribution in [2.24, 2.45) is 0 Å². The average molecular weight is 405 g/mol. The van der Waals surface area contributed by atoms with E-state index in [0.717, 1.165) is 23.7 Å². The third-order valence-electron chi connectivity index (χ3n) is 5.57. The zero-order chi connectivity index (χ0) is 20.5. The van der Waals surface area contributed by atoms with E-state index in [9.17, 15) is 0 Å². The second kappa shape index (κ2) is 7.69. The number of methoxy groups -OCH3 is 1. The Hall–Kier alpha value is -2.56. The Morgan fingerprint density at radius 1 is 0.828 bits per heavy atom. The van der Waals surface area contributed by atoms with Crippen molar-refractivity contribution in [2.75, 3.05) is 13.7 Å². The van der Waals surface area contributed by atoms with Crippen LogP contribution in [0.25, 0.3) is 0 Å². The van der Waals surface area contributed by atoms with Crippen molar-refractivity contribution >= 4 is 18.7 Å². The molecule has 0 saturated carbocycles. The van der Waals surface area contributed by atoms with Crippen LogP contribution in [-0.2, 0) is 4.74 Å². The summed E-state index contributed by atoms with van der Waals surface area (Å²) in [7, 11) is -0.979. The molecule has 3 aromatic rings. The predicted octanol–water partition coefficient (Wildman–Crippen LogP) is 4.71. The second-order valence-corrected chi connectivity index (χ2v) is 12.7.